The lowest BCUT2D eigenvalue weighted by Crippen LogP contribution is -2.53. The quantitative estimate of drug-likeness (QED) is 0.799. The van der Waals surface area contributed by atoms with Gasteiger partial charge >= 0.3 is 0 Å². The first kappa shape index (κ1) is 18.2. The molecule has 1 aliphatic heterocycles. The van der Waals surface area contributed by atoms with Gasteiger partial charge in [0, 0.05) is 44.4 Å². The van der Waals surface area contributed by atoms with Gasteiger partial charge in [0.15, 0.2) is 0 Å². The molecule has 1 heterocycles. The van der Waals surface area contributed by atoms with Crippen LogP contribution in [0.4, 0.5) is 0 Å². The number of aliphatic hydroxyl groups excluding tert-OH is 1. The monoisotopic (exact) mass is 320 g/mol. The number of aliphatic hydroxyl groups is 1. The summed E-state index contributed by atoms with van der Waals surface area (Å²) in [7, 11) is 1.73. The molecular formula is C19H32N2O2. The summed E-state index contributed by atoms with van der Waals surface area (Å²) in [5.41, 5.74) is 1.24. The van der Waals surface area contributed by atoms with E-state index in [0.29, 0.717) is 6.04 Å². The molecule has 0 radical (unpaired) electrons. The van der Waals surface area contributed by atoms with Gasteiger partial charge in [-0.3, -0.25) is 9.80 Å². The van der Waals surface area contributed by atoms with Crippen molar-refractivity contribution in [2.45, 2.75) is 39.3 Å². The second-order valence-corrected chi connectivity index (χ2v) is 6.93. The van der Waals surface area contributed by atoms with Gasteiger partial charge in [-0.2, -0.15) is 0 Å². The zero-order chi connectivity index (χ0) is 16.7. The summed E-state index contributed by atoms with van der Waals surface area (Å²) in [6.07, 6.45) is 2.09. The molecule has 130 valence electrons. The molecule has 4 heteroatoms. The predicted octanol–water partition coefficient (Wildman–Crippen LogP) is 2.61. The van der Waals surface area contributed by atoms with Crippen LogP contribution in [0.2, 0.25) is 0 Å². The summed E-state index contributed by atoms with van der Waals surface area (Å²) in [5.74, 6) is 1.70. The highest BCUT2D eigenvalue weighted by molar-refractivity contribution is 5.33. The average molecular weight is 320 g/mol. The van der Waals surface area contributed by atoms with Gasteiger partial charge in [-0.05, 0) is 31.4 Å². The molecule has 1 N–H and O–H groups in total. The van der Waals surface area contributed by atoms with Crippen molar-refractivity contribution in [3.63, 3.8) is 0 Å². The van der Waals surface area contributed by atoms with Crippen molar-refractivity contribution in [3.05, 3.63) is 29.8 Å². The summed E-state index contributed by atoms with van der Waals surface area (Å²) in [6, 6.07) is 8.72. The largest absolute Gasteiger partial charge is 0.496 e. The van der Waals surface area contributed by atoms with Crippen LogP contribution < -0.4 is 4.74 Å². The van der Waals surface area contributed by atoms with Crippen LogP contribution in [0.5, 0.6) is 5.75 Å². The molecular weight excluding hydrogens is 288 g/mol. The third-order valence-electron chi connectivity index (χ3n) is 4.73. The second-order valence-electron chi connectivity index (χ2n) is 6.93. The highest BCUT2D eigenvalue weighted by atomic mass is 16.5. The SMILES string of the molecule is COc1ccccc1CN1CCN(CCC(C)C)[C@@H](CCO)C1. The van der Waals surface area contributed by atoms with Crippen LogP contribution in [-0.4, -0.2) is 60.8 Å². The lowest BCUT2D eigenvalue weighted by Gasteiger charge is -2.42. The van der Waals surface area contributed by atoms with Crippen molar-refractivity contribution >= 4 is 0 Å². The average Bonchev–Trinajstić information content (AvgIpc) is 2.55. The summed E-state index contributed by atoms with van der Waals surface area (Å²) in [5, 5.41) is 9.41. The summed E-state index contributed by atoms with van der Waals surface area (Å²) < 4.78 is 5.47. The Morgan fingerprint density at radius 3 is 2.74 bits per heavy atom. The number of rotatable bonds is 8. The van der Waals surface area contributed by atoms with E-state index in [-0.39, 0.29) is 6.61 Å². The molecule has 1 aromatic rings. The lowest BCUT2D eigenvalue weighted by molar-refractivity contribution is 0.0520. The molecule has 0 amide bonds. The number of benzene rings is 1. The smallest absolute Gasteiger partial charge is 0.123 e. The minimum absolute atomic E-state index is 0.269. The van der Waals surface area contributed by atoms with E-state index in [1.807, 2.05) is 12.1 Å². The zero-order valence-electron chi connectivity index (χ0n) is 14.9. The molecule has 23 heavy (non-hydrogen) atoms. The van der Waals surface area contributed by atoms with E-state index >= 15 is 0 Å². The summed E-state index contributed by atoms with van der Waals surface area (Å²) in [6.45, 7) is 10.1. The topological polar surface area (TPSA) is 35.9 Å². The molecule has 1 atom stereocenters. The Morgan fingerprint density at radius 2 is 2.04 bits per heavy atom. The normalized spacial score (nSPS) is 20.1. The molecule has 1 aliphatic rings. The third-order valence-corrected chi connectivity index (χ3v) is 4.73. The maximum atomic E-state index is 9.41. The van der Waals surface area contributed by atoms with Crippen LogP contribution >= 0.6 is 0 Å². The summed E-state index contributed by atoms with van der Waals surface area (Å²) >= 11 is 0. The van der Waals surface area contributed by atoms with Crippen molar-refractivity contribution in [1.29, 1.82) is 0 Å². The van der Waals surface area contributed by atoms with E-state index in [2.05, 4.69) is 35.8 Å². The molecule has 0 aromatic heterocycles. The fourth-order valence-corrected chi connectivity index (χ4v) is 3.32. The highest BCUT2D eigenvalue weighted by Gasteiger charge is 2.26. The molecule has 2 rings (SSSR count). The van der Waals surface area contributed by atoms with Gasteiger partial charge in [0.2, 0.25) is 0 Å². The molecule has 1 aromatic carbocycles. The van der Waals surface area contributed by atoms with Crippen molar-refractivity contribution < 1.29 is 9.84 Å². The number of nitrogens with zero attached hydrogens (tertiary/aromatic N) is 2. The van der Waals surface area contributed by atoms with Gasteiger partial charge in [0.05, 0.1) is 7.11 Å². The minimum Gasteiger partial charge on any atom is -0.496 e. The van der Waals surface area contributed by atoms with Crippen LogP contribution in [0.3, 0.4) is 0 Å². The van der Waals surface area contributed by atoms with E-state index in [1.54, 1.807) is 7.11 Å². The Morgan fingerprint density at radius 1 is 1.26 bits per heavy atom. The van der Waals surface area contributed by atoms with Gasteiger partial charge in [0.25, 0.3) is 0 Å². The number of hydrogen-bond acceptors (Lipinski definition) is 4. The Balaban J connectivity index is 1.95. The van der Waals surface area contributed by atoms with Gasteiger partial charge in [-0.15, -0.1) is 0 Å². The summed E-state index contributed by atoms with van der Waals surface area (Å²) in [4.78, 5) is 5.05. The molecule has 0 aliphatic carbocycles. The van der Waals surface area contributed by atoms with E-state index in [0.717, 1.165) is 50.8 Å². The number of methoxy groups -OCH3 is 1. The first-order valence-corrected chi connectivity index (χ1v) is 8.83. The van der Waals surface area contributed by atoms with E-state index in [1.165, 1.54) is 12.0 Å². The fraction of sp³-hybridized carbons (Fsp3) is 0.684. The van der Waals surface area contributed by atoms with Crippen molar-refractivity contribution in [3.8, 4) is 5.75 Å². The van der Waals surface area contributed by atoms with Crippen LogP contribution in [0.1, 0.15) is 32.3 Å². The highest BCUT2D eigenvalue weighted by Crippen LogP contribution is 2.22. The Kier molecular flexibility index (Phi) is 7.34. The van der Waals surface area contributed by atoms with E-state index in [4.69, 9.17) is 4.74 Å². The maximum absolute atomic E-state index is 9.41. The number of ether oxygens (including phenoxy) is 1. The Labute approximate surface area is 141 Å². The fourth-order valence-electron chi connectivity index (χ4n) is 3.32. The van der Waals surface area contributed by atoms with Gasteiger partial charge in [0.1, 0.15) is 5.75 Å². The number of hydrogen-bond donors (Lipinski definition) is 1. The Bertz CT molecular complexity index is 464. The second kappa shape index (κ2) is 9.26. The van der Waals surface area contributed by atoms with Crippen molar-refractivity contribution in [2.75, 3.05) is 39.9 Å². The molecule has 0 saturated carbocycles. The minimum atomic E-state index is 0.269. The van der Waals surface area contributed by atoms with Crippen LogP contribution in [0.25, 0.3) is 0 Å². The van der Waals surface area contributed by atoms with Crippen LogP contribution in [-0.2, 0) is 6.54 Å². The Hall–Kier alpha value is -1.10. The van der Waals surface area contributed by atoms with E-state index < -0.39 is 0 Å². The standard InChI is InChI=1S/C19H32N2O2/c1-16(2)8-10-21-12-11-20(15-18(21)9-13-22)14-17-6-4-5-7-19(17)23-3/h4-7,16,18,22H,8-15H2,1-3H3/t18-/m0/s1. The molecule has 0 unspecified atom stereocenters. The lowest BCUT2D eigenvalue weighted by atomic mass is 10.0. The van der Waals surface area contributed by atoms with Gasteiger partial charge in [-0.1, -0.05) is 32.0 Å². The predicted molar refractivity (Wildman–Crippen MR) is 94.8 cm³/mol. The molecule has 0 spiro atoms. The molecule has 4 nitrogen and oxygen atoms in total. The zero-order valence-corrected chi connectivity index (χ0v) is 14.9. The number of piperazine rings is 1. The van der Waals surface area contributed by atoms with E-state index in [9.17, 15) is 5.11 Å². The van der Waals surface area contributed by atoms with Gasteiger partial charge < -0.3 is 9.84 Å². The third kappa shape index (κ3) is 5.48. The maximum Gasteiger partial charge on any atom is 0.123 e. The van der Waals surface area contributed by atoms with Crippen LogP contribution in [0, 0.1) is 5.92 Å². The molecule has 1 saturated heterocycles. The first-order chi connectivity index (χ1) is 11.1. The number of para-hydroxylation sites is 1. The van der Waals surface area contributed by atoms with Crippen LogP contribution in [0.15, 0.2) is 24.3 Å². The molecule has 0 bridgehead atoms. The molecule has 1 fully saturated rings. The first-order valence-electron chi connectivity index (χ1n) is 8.83. The van der Waals surface area contributed by atoms with Gasteiger partial charge in [-0.25, -0.2) is 0 Å². The van der Waals surface area contributed by atoms with Crippen molar-refractivity contribution in [2.24, 2.45) is 5.92 Å². The van der Waals surface area contributed by atoms with Crippen molar-refractivity contribution in [1.82, 2.24) is 9.80 Å².